The first-order valence-corrected chi connectivity index (χ1v) is 9.91. The van der Waals surface area contributed by atoms with Gasteiger partial charge in [-0.05, 0) is 18.8 Å². The SMILES string of the molecule is CN(C)C(=O)CN1CCN(C(=O)c2nn(CC3CC3)c3c2COCC3)CC1. The lowest BCUT2D eigenvalue weighted by molar-refractivity contribution is -0.130. The van der Waals surface area contributed by atoms with Gasteiger partial charge in [-0.3, -0.25) is 19.2 Å². The molecule has 1 aromatic rings. The molecule has 3 aliphatic rings. The summed E-state index contributed by atoms with van der Waals surface area (Å²) in [6.07, 6.45) is 3.37. The maximum Gasteiger partial charge on any atom is 0.274 e. The summed E-state index contributed by atoms with van der Waals surface area (Å²) in [5, 5.41) is 4.71. The molecule has 0 spiro atoms. The van der Waals surface area contributed by atoms with Crippen LogP contribution in [0.1, 0.15) is 34.6 Å². The van der Waals surface area contributed by atoms with Gasteiger partial charge in [-0.2, -0.15) is 5.10 Å². The highest BCUT2D eigenvalue weighted by Gasteiger charge is 2.32. The molecule has 27 heavy (non-hydrogen) atoms. The van der Waals surface area contributed by atoms with Gasteiger partial charge >= 0.3 is 0 Å². The van der Waals surface area contributed by atoms with Gasteiger partial charge in [0.15, 0.2) is 5.69 Å². The van der Waals surface area contributed by atoms with E-state index in [1.807, 2.05) is 4.90 Å². The molecule has 0 aromatic carbocycles. The van der Waals surface area contributed by atoms with Crippen molar-refractivity contribution in [2.45, 2.75) is 32.4 Å². The van der Waals surface area contributed by atoms with Crippen molar-refractivity contribution in [2.24, 2.45) is 5.92 Å². The van der Waals surface area contributed by atoms with E-state index in [4.69, 9.17) is 9.84 Å². The van der Waals surface area contributed by atoms with Gasteiger partial charge in [0.25, 0.3) is 5.91 Å². The molecule has 2 amide bonds. The Bertz CT molecular complexity index is 717. The van der Waals surface area contributed by atoms with Crippen LogP contribution < -0.4 is 0 Å². The molecule has 8 nitrogen and oxygen atoms in total. The number of fused-ring (bicyclic) bond motifs is 1. The van der Waals surface area contributed by atoms with E-state index in [9.17, 15) is 9.59 Å². The van der Waals surface area contributed by atoms with Crippen LogP contribution in [0.2, 0.25) is 0 Å². The highest BCUT2D eigenvalue weighted by atomic mass is 16.5. The number of ether oxygens (including phenoxy) is 1. The van der Waals surface area contributed by atoms with Gasteiger partial charge in [-0.15, -0.1) is 0 Å². The summed E-state index contributed by atoms with van der Waals surface area (Å²) in [6.45, 7) is 5.22. The Hall–Kier alpha value is -1.93. The van der Waals surface area contributed by atoms with Gasteiger partial charge in [0, 0.05) is 64.5 Å². The summed E-state index contributed by atoms with van der Waals surface area (Å²) in [4.78, 5) is 30.6. The first kappa shape index (κ1) is 18.4. The van der Waals surface area contributed by atoms with Gasteiger partial charge in [-0.1, -0.05) is 0 Å². The van der Waals surface area contributed by atoms with Crippen LogP contribution in [0, 0.1) is 5.92 Å². The molecule has 8 heteroatoms. The maximum absolute atomic E-state index is 13.1. The third kappa shape index (κ3) is 4.01. The molecule has 2 fully saturated rings. The zero-order valence-electron chi connectivity index (χ0n) is 16.3. The molecule has 1 saturated carbocycles. The second-order valence-electron chi connectivity index (χ2n) is 8.06. The minimum atomic E-state index is 0.00452. The summed E-state index contributed by atoms with van der Waals surface area (Å²) in [7, 11) is 3.54. The average molecular weight is 375 g/mol. The van der Waals surface area contributed by atoms with E-state index in [2.05, 4.69) is 9.58 Å². The Labute approximate surface area is 160 Å². The Kier molecular flexibility index (Phi) is 5.19. The van der Waals surface area contributed by atoms with Crippen LogP contribution >= 0.6 is 0 Å². The van der Waals surface area contributed by atoms with Crippen molar-refractivity contribution in [2.75, 3.05) is 53.4 Å². The molecular weight excluding hydrogens is 346 g/mol. The monoisotopic (exact) mass is 375 g/mol. The van der Waals surface area contributed by atoms with Gasteiger partial charge in [0.05, 0.1) is 19.8 Å². The summed E-state index contributed by atoms with van der Waals surface area (Å²) in [5.74, 6) is 0.822. The second kappa shape index (κ2) is 7.59. The lowest BCUT2D eigenvalue weighted by Crippen LogP contribution is -2.51. The van der Waals surface area contributed by atoms with Crippen LogP contribution in [0.5, 0.6) is 0 Å². The molecule has 148 valence electrons. The summed E-state index contributed by atoms with van der Waals surface area (Å²) >= 11 is 0. The zero-order valence-corrected chi connectivity index (χ0v) is 16.3. The van der Waals surface area contributed by atoms with E-state index >= 15 is 0 Å². The molecule has 1 saturated heterocycles. The first-order valence-electron chi connectivity index (χ1n) is 9.91. The van der Waals surface area contributed by atoms with Crippen molar-refractivity contribution in [3.63, 3.8) is 0 Å². The van der Waals surface area contributed by atoms with E-state index < -0.39 is 0 Å². The number of amides is 2. The molecule has 1 aromatic heterocycles. The fraction of sp³-hybridized carbons (Fsp3) is 0.737. The van der Waals surface area contributed by atoms with E-state index in [1.54, 1.807) is 19.0 Å². The quantitative estimate of drug-likeness (QED) is 0.736. The number of likely N-dealkylation sites (N-methyl/N-ethyl adjacent to an activating group) is 1. The predicted octanol–water partition coefficient (Wildman–Crippen LogP) is 0.212. The fourth-order valence-electron chi connectivity index (χ4n) is 3.77. The smallest absolute Gasteiger partial charge is 0.274 e. The summed E-state index contributed by atoms with van der Waals surface area (Å²) in [5.41, 5.74) is 2.74. The number of carbonyl (C=O) groups is 2. The van der Waals surface area contributed by atoms with Crippen LogP contribution in [0.3, 0.4) is 0 Å². The fourth-order valence-corrected chi connectivity index (χ4v) is 3.77. The lowest BCUT2D eigenvalue weighted by atomic mass is 10.1. The van der Waals surface area contributed by atoms with Crippen LogP contribution in [0.15, 0.2) is 0 Å². The Morgan fingerprint density at radius 3 is 2.59 bits per heavy atom. The van der Waals surface area contributed by atoms with Crippen molar-refractivity contribution in [3.05, 3.63) is 17.0 Å². The van der Waals surface area contributed by atoms with Crippen molar-refractivity contribution in [1.82, 2.24) is 24.5 Å². The highest BCUT2D eigenvalue weighted by molar-refractivity contribution is 5.94. The number of carbonyl (C=O) groups excluding carboxylic acids is 2. The van der Waals surface area contributed by atoms with Gasteiger partial charge in [0.1, 0.15) is 0 Å². The number of piperazine rings is 1. The third-order valence-corrected chi connectivity index (χ3v) is 5.74. The molecule has 3 heterocycles. The third-order valence-electron chi connectivity index (χ3n) is 5.74. The van der Waals surface area contributed by atoms with Gasteiger partial charge in [0.2, 0.25) is 5.91 Å². The molecule has 4 rings (SSSR count). The number of rotatable bonds is 5. The molecule has 0 radical (unpaired) electrons. The first-order chi connectivity index (χ1) is 13.0. The minimum Gasteiger partial charge on any atom is -0.376 e. The second-order valence-corrected chi connectivity index (χ2v) is 8.06. The zero-order chi connectivity index (χ0) is 19.0. The molecule has 1 aliphatic carbocycles. The molecule has 0 atom stereocenters. The van der Waals surface area contributed by atoms with E-state index in [0.29, 0.717) is 51.6 Å². The Balaban J connectivity index is 1.43. The predicted molar refractivity (Wildman–Crippen MR) is 99.3 cm³/mol. The molecule has 0 N–H and O–H groups in total. The van der Waals surface area contributed by atoms with Crippen molar-refractivity contribution in [1.29, 1.82) is 0 Å². The molecule has 2 aliphatic heterocycles. The lowest BCUT2D eigenvalue weighted by Gasteiger charge is -2.34. The van der Waals surface area contributed by atoms with E-state index in [-0.39, 0.29) is 11.8 Å². The average Bonchev–Trinajstić information content (AvgIpc) is 3.42. The highest BCUT2D eigenvalue weighted by Crippen LogP contribution is 2.32. The summed E-state index contributed by atoms with van der Waals surface area (Å²) in [6, 6.07) is 0. The molecular formula is C19H29N5O3. The van der Waals surface area contributed by atoms with Crippen LogP contribution in [0.25, 0.3) is 0 Å². The standard InChI is InChI=1S/C19H29N5O3/c1-21(2)17(25)12-22-6-8-23(9-7-22)19(26)18-15-13-27-10-5-16(15)24(20-18)11-14-3-4-14/h14H,3-13H2,1-2H3. The summed E-state index contributed by atoms with van der Waals surface area (Å²) < 4.78 is 7.68. The van der Waals surface area contributed by atoms with Crippen molar-refractivity contribution in [3.8, 4) is 0 Å². The largest absolute Gasteiger partial charge is 0.376 e. The normalized spacial score (nSPS) is 20.4. The minimum absolute atomic E-state index is 0.00452. The molecule has 0 bridgehead atoms. The Morgan fingerprint density at radius 2 is 1.93 bits per heavy atom. The number of aromatic nitrogens is 2. The van der Waals surface area contributed by atoms with E-state index in [1.165, 1.54) is 18.5 Å². The van der Waals surface area contributed by atoms with Gasteiger partial charge in [-0.25, -0.2) is 0 Å². The number of nitrogens with zero attached hydrogens (tertiary/aromatic N) is 5. The maximum atomic E-state index is 13.1. The van der Waals surface area contributed by atoms with Crippen LogP contribution in [0.4, 0.5) is 0 Å². The Morgan fingerprint density at radius 1 is 1.19 bits per heavy atom. The van der Waals surface area contributed by atoms with Gasteiger partial charge < -0.3 is 14.5 Å². The number of hydrogen-bond acceptors (Lipinski definition) is 5. The number of hydrogen-bond donors (Lipinski definition) is 0. The van der Waals surface area contributed by atoms with Crippen LogP contribution in [-0.4, -0.2) is 89.7 Å². The van der Waals surface area contributed by atoms with Crippen molar-refractivity contribution >= 4 is 11.8 Å². The van der Waals surface area contributed by atoms with Crippen molar-refractivity contribution < 1.29 is 14.3 Å². The topological polar surface area (TPSA) is 70.9 Å². The van der Waals surface area contributed by atoms with Crippen LogP contribution in [-0.2, 0) is 29.1 Å². The molecule has 0 unspecified atom stereocenters. The van der Waals surface area contributed by atoms with E-state index in [0.717, 1.165) is 24.4 Å².